The summed E-state index contributed by atoms with van der Waals surface area (Å²) < 4.78 is 31.2. The van der Waals surface area contributed by atoms with Crippen LogP contribution in [-0.4, -0.2) is 60.5 Å². The lowest BCUT2D eigenvalue weighted by Gasteiger charge is -2.38. The second kappa shape index (κ2) is 4.67. The van der Waals surface area contributed by atoms with Crippen LogP contribution >= 0.6 is 0 Å². The number of nitrogens with zero attached hydrogens (tertiary/aromatic N) is 1. The van der Waals surface area contributed by atoms with Crippen LogP contribution in [0.2, 0.25) is 0 Å². The van der Waals surface area contributed by atoms with Gasteiger partial charge in [0.25, 0.3) is 0 Å². The van der Waals surface area contributed by atoms with Gasteiger partial charge in [-0.1, -0.05) is 0 Å². The average molecular weight is 281 g/mol. The van der Waals surface area contributed by atoms with Gasteiger partial charge in [0, 0.05) is 6.08 Å². The van der Waals surface area contributed by atoms with Crippen molar-refractivity contribution < 1.29 is 37.3 Å². The van der Waals surface area contributed by atoms with Crippen molar-refractivity contribution in [2.24, 2.45) is 0 Å². The number of carboxylic acid groups (broad SMARTS) is 2. The van der Waals surface area contributed by atoms with Crippen LogP contribution in [0.15, 0.2) is 11.6 Å². The molecule has 18 heavy (non-hydrogen) atoms. The highest BCUT2D eigenvalue weighted by Crippen LogP contribution is 2.28. The molecule has 0 rings (SSSR count). The van der Waals surface area contributed by atoms with Gasteiger partial charge >= 0.3 is 21.0 Å². The maximum Gasteiger partial charge on any atom is 0.389 e. The largest absolute Gasteiger partial charge is 0.545 e. The van der Waals surface area contributed by atoms with Gasteiger partial charge in [0.1, 0.15) is 0 Å². The average Bonchev–Trinajstić information content (AvgIpc) is 2.08. The van der Waals surface area contributed by atoms with Crippen molar-refractivity contribution in [2.45, 2.75) is 11.8 Å². The minimum absolute atomic E-state index is 0.458. The summed E-state index contributed by atoms with van der Waals surface area (Å²) in [6.45, 7) is 0.980. The van der Waals surface area contributed by atoms with Gasteiger partial charge in [-0.3, -0.25) is 9.04 Å². The molecular formula is C9H15NO7S. The molecule has 1 atom stereocenters. The van der Waals surface area contributed by atoms with Gasteiger partial charge in [0.2, 0.25) is 0 Å². The zero-order valence-electron chi connectivity index (χ0n) is 10.4. The van der Waals surface area contributed by atoms with Crippen LogP contribution in [0.5, 0.6) is 0 Å². The monoisotopic (exact) mass is 281 g/mol. The Morgan fingerprint density at radius 1 is 1.28 bits per heavy atom. The molecule has 8 nitrogen and oxygen atoms in total. The van der Waals surface area contributed by atoms with Crippen LogP contribution in [0.25, 0.3) is 0 Å². The number of aliphatic carboxylic acids is 2. The topological polar surface area (TPSA) is 132 Å². The highest BCUT2D eigenvalue weighted by molar-refractivity contribution is 7.88. The molecular weight excluding hydrogens is 266 g/mol. The van der Waals surface area contributed by atoms with E-state index in [0.29, 0.717) is 6.08 Å². The molecule has 0 saturated heterocycles. The summed E-state index contributed by atoms with van der Waals surface area (Å²) in [5, 5.41) is 19.7. The van der Waals surface area contributed by atoms with E-state index in [1.165, 1.54) is 21.1 Å². The third-order valence-corrected chi connectivity index (χ3v) is 4.06. The highest BCUT2D eigenvalue weighted by atomic mass is 32.2. The molecule has 1 unspecified atom stereocenters. The van der Waals surface area contributed by atoms with Crippen LogP contribution in [0.1, 0.15) is 6.92 Å². The predicted octanol–water partition coefficient (Wildman–Crippen LogP) is -1.94. The number of carbonyl (C=O) groups is 2. The van der Waals surface area contributed by atoms with Crippen molar-refractivity contribution in [3.8, 4) is 0 Å². The standard InChI is InChI=1S/C9H15NO7S/c1-6(7(11)12)5-9(8(13)14,10(2,3)4)18(15,16)17/h5H,1-4H3,(H2-,11,12,13,14,15,16,17). The van der Waals surface area contributed by atoms with Crippen molar-refractivity contribution in [3.05, 3.63) is 11.6 Å². The van der Waals surface area contributed by atoms with Crippen molar-refractivity contribution in [2.75, 3.05) is 21.1 Å². The zero-order chi connectivity index (χ0) is 14.9. The first-order chi connectivity index (χ1) is 7.77. The van der Waals surface area contributed by atoms with Gasteiger partial charge in [-0.25, -0.2) is 4.79 Å². The highest BCUT2D eigenvalue weighted by Gasteiger charge is 2.60. The number of quaternary nitrogens is 1. The van der Waals surface area contributed by atoms with Crippen molar-refractivity contribution in [1.29, 1.82) is 0 Å². The van der Waals surface area contributed by atoms with Crippen molar-refractivity contribution >= 4 is 22.1 Å². The Labute approximate surface area is 104 Å². The lowest BCUT2D eigenvalue weighted by Crippen LogP contribution is -2.65. The van der Waals surface area contributed by atoms with Crippen LogP contribution in [0.4, 0.5) is 0 Å². The smallest absolute Gasteiger partial charge is 0.389 e. The van der Waals surface area contributed by atoms with Gasteiger partial charge in [-0.15, -0.1) is 0 Å². The number of rotatable bonds is 5. The summed E-state index contributed by atoms with van der Waals surface area (Å²) >= 11 is 0. The molecule has 2 N–H and O–H groups in total. The third kappa shape index (κ3) is 2.68. The number of carbonyl (C=O) groups excluding carboxylic acids is 1. The zero-order valence-corrected chi connectivity index (χ0v) is 11.2. The number of likely N-dealkylation sites (N-methyl/N-ethyl adjacent to an activating group) is 1. The van der Waals surface area contributed by atoms with Gasteiger partial charge in [-0.2, -0.15) is 8.42 Å². The summed E-state index contributed by atoms with van der Waals surface area (Å²) in [7, 11) is -1.52. The van der Waals surface area contributed by atoms with Gasteiger partial charge in [0.05, 0.1) is 27.1 Å². The van der Waals surface area contributed by atoms with Gasteiger partial charge < -0.3 is 15.0 Å². The summed E-state index contributed by atoms with van der Waals surface area (Å²) in [5.41, 5.74) is -0.608. The van der Waals surface area contributed by atoms with Crippen LogP contribution in [-0.2, 0) is 19.7 Å². The minimum atomic E-state index is -5.11. The molecule has 9 heteroatoms. The first kappa shape index (κ1) is 16.6. The molecule has 0 spiro atoms. The van der Waals surface area contributed by atoms with E-state index in [2.05, 4.69) is 0 Å². The fraction of sp³-hybridized carbons (Fsp3) is 0.556. The second-order valence-corrected chi connectivity index (χ2v) is 6.18. The molecule has 0 aliphatic heterocycles. The van der Waals surface area contributed by atoms with Gasteiger partial charge in [-0.05, 0) is 12.5 Å². The molecule has 0 bridgehead atoms. The van der Waals surface area contributed by atoms with E-state index in [4.69, 9.17) is 5.11 Å². The molecule has 0 aliphatic carbocycles. The molecule has 0 aliphatic rings. The van der Waals surface area contributed by atoms with E-state index in [9.17, 15) is 27.7 Å². The molecule has 0 aromatic rings. The molecule has 104 valence electrons. The van der Waals surface area contributed by atoms with Gasteiger partial charge in [0.15, 0.2) is 0 Å². The van der Waals surface area contributed by atoms with E-state index >= 15 is 0 Å². The Balaban J connectivity index is 6.44. The number of carboxylic acids is 2. The van der Waals surface area contributed by atoms with Crippen molar-refractivity contribution in [3.63, 3.8) is 0 Å². The molecule has 0 aromatic carbocycles. The maximum atomic E-state index is 11.4. The molecule has 0 radical (unpaired) electrons. The summed E-state index contributed by atoms with van der Waals surface area (Å²) in [6.07, 6.45) is 0.458. The van der Waals surface area contributed by atoms with E-state index in [0.717, 1.165) is 6.92 Å². The lowest BCUT2D eigenvalue weighted by molar-refractivity contribution is -0.891. The first-order valence-corrected chi connectivity index (χ1v) is 6.14. The molecule has 0 amide bonds. The van der Waals surface area contributed by atoms with E-state index < -0.39 is 37.0 Å². The van der Waals surface area contributed by atoms with Crippen LogP contribution in [0.3, 0.4) is 0 Å². The molecule has 0 aromatic heterocycles. The Bertz CT molecular complexity index is 499. The Morgan fingerprint density at radius 2 is 1.67 bits per heavy atom. The molecule has 0 saturated carbocycles. The van der Waals surface area contributed by atoms with Crippen LogP contribution < -0.4 is 5.11 Å². The number of hydrogen-bond donors (Lipinski definition) is 2. The Hall–Kier alpha value is -1.45. The lowest BCUT2D eigenvalue weighted by atomic mass is 10.1. The fourth-order valence-corrected chi connectivity index (χ4v) is 2.66. The number of hydrogen-bond acceptors (Lipinski definition) is 5. The predicted molar refractivity (Wildman–Crippen MR) is 58.7 cm³/mol. The van der Waals surface area contributed by atoms with E-state index in [1.54, 1.807) is 0 Å². The normalized spacial score (nSPS) is 17.1. The SMILES string of the molecule is CC(=CC(C(=O)O)([N+](C)(C)C)S(=O)(=O)O)C(=O)[O-]. The van der Waals surface area contributed by atoms with E-state index in [1.807, 2.05) is 0 Å². The molecule has 0 heterocycles. The maximum absolute atomic E-state index is 11.4. The Morgan fingerprint density at radius 3 is 1.83 bits per heavy atom. The quantitative estimate of drug-likeness (QED) is 0.340. The fourth-order valence-electron chi connectivity index (χ4n) is 1.43. The summed E-state index contributed by atoms with van der Waals surface area (Å²) in [5.74, 6) is -3.61. The second-order valence-electron chi connectivity index (χ2n) is 4.60. The summed E-state index contributed by atoms with van der Waals surface area (Å²) in [6, 6.07) is 0. The molecule has 0 fully saturated rings. The van der Waals surface area contributed by atoms with Crippen molar-refractivity contribution in [1.82, 2.24) is 0 Å². The van der Waals surface area contributed by atoms with Crippen LogP contribution in [0, 0.1) is 0 Å². The third-order valence-electron chi connectivity index (χ3n) is 2.43. The Kier molecular flexibility index (Phi) is 4.29. The minimum Gasteiger partial charge on any atom is -0.545 e. The van der Waals surface area contributed by atoms with E-state index in [-0.39, 0.29) is 0 Å². The summed E-state index contributed by atoms with van der Waals surface area (Å²) in [4.78, 5) is 19.0. The first-order valence-electron chi connectivity index (χ1n) is 4.70.